The lowest BCUT2D eigenvalue weighted by Gasteiger charge is -2.27. The van der Waals surface area contributed by atoms with Crippen molar-refractivity contribution in [2.24, 2.45) is 5.73 Å². The topological polar surface area (TPSA) is 44.5 Å². The number of ether oxygens (including phenoxy) is 2. The fourth-order valence-corrected chi connectivity index (χ4v) is 1.60. The average molecular weight is 263 g/mol. The van der Waals surface area contributed by atoms with Crippen LogP contribution in [0.3, 0.4) is 0 Å². The summed E-state index contributed by atoms with van der Waals surface area (Å²) in [6.45, 7) is 2.00. The summed E-state index contributed by atoms with van der Waals surface area (Å²) >= 11 is 0. The molecule has 0 saturated heterocycles. The molecule has 0 aliphatic heterocycles. The Morgan fingerprint density at radius 2 is 1.83 bits per heavy atom. The van der Waals surface area contributed by atoms with Crippen LogP contribution in [0, 0.1) is 0 Å². The van der Waals surface area contributed by atoms with Gasteiger partial charge in [0, 0.05) is 24.8 Å². The van der Waals surface area contributed by atoms with Gasteiger partial charge in [0.05, 0.1) is 0 Å². The lowest BCUT2D eigenvalue weighted by Crippen LogP contribution is -2.35. The van der Waals surface area contributed by atoms with Crippen molar-refractivity contribution in [3.63, 3.8) is 0 Å². The molecule has 0 bridgehead atoms. The van der Waals surface area contributed by atoms with Gasteiger partial charge < -0.3 is 15.2 Å². The molecule has 2 N–H and O–H groups in total. The van der Waals surface area contributed by atoms with E-state index in [-0.39, 0.29) is 5.75 Å². The van der Waals surface area contributed by atoms with E-state index in [9.17, 15) is 13.2 Å². The van der Waals surface area contributed by atoms with E-state index in [4.69, 9.17) is 10.5 Å². The monoisotopic (exact) mass is 263 g/mol. The molecule has 1 atom stereocenters. The van der Waals surface area contributed by atoms with Gasteiger partial charge in [0.2, 0.25) is 0 Å². The number of alkyl halides is 3. The van der Waals surface area contributed by atoms with E-state index in [1.54, 1.807) is 13.0 Å². The van der Waals surface area contributed by atoms with Gasteiger partial charge in [0.15, 0.2) is 0 Å². The van der Waals surface area contributed by atoms with Crippen molar-refractivity contribution in [2.75, 3.05) is 13.7 Å². The maximum Gasteiger partial charge on any atom is 0.573 e. The Kier molecular flexibility index (Phi) is 4.59. The van der Waals surface area contributed by atoms with E-state index >= 15 is 0 Å². The number of halogens is 3. The number of rotatable bonds is 5. The van der Waals surface area contributed by atoms with Crippen molar-refractivity contribution in [3.8, 4) is 5.75 Å². The van der Waals surface area contributed by atoms with Gasteiger partial charge in [0.25, 0.3) is 0 Å². The molecule has 0 aromatic heterocycles. The number of hydrogen-bond donors (Lipinski definition) is 1. The van der Waals surface area contributed by atoms with Crippen LogP contribution < -0.4 is 10.5 Å². The Bertz CT molecular complexity index is 391. The molecular formula is C12H16F3NO2. The van der Waals surface area contributed by atoms with Crippen LogP contribution in [0.1, 0.15) is 18.9 Å². The summed E-state index contributed by atoms with van der Waals surface area (Å²) in [5, 5.41) is 0. The van der Waals surface area contributed by atoms with Crippen LogP contribution in [-0.4, -0.2) is 20.1 Å². The van der Waals surface area contributed by atoms with E-state index in [1.807, 2.05) is 0 Å². The molecule has 0 spiro atoms. The van der Waals surface area contributed by atoms with E-state index in [0.717, 1.165) is 0 Å². The zero-order valence-electron chi connectivity index (χ0n) is 10.3. The first-order valence-corrected chi connectivity index (χ1v) is 5.39. The molecule has 0 radical (unpaired) electrons. The fraction of sp³-hybridized carbons (Fsp3) is 0.500. The minimum atomic E-state index is -4.73. The molecule has 1 unspecified atom stereocenters. The summed E-state index contributed by atoms with van der Waals surface area (Å²) in [6, 6.07) is 5.87. The first-order chi connectivity index (χ1) is 8.26. The molecule has 1 aromatic carbocycles. The van der Waals surface area contributed by atoms with Crippen LogP contribution in [0.15, 0.2) is 24.3 Å². The minimum Gasteiger partial charge on any atom is -0.405 e. The third-order valence-corrected chi connectivity index (χ3v) is 2.55. The SMILES string of the molecule is COCCC(C)(N)c1ccccc1OC(F)(F)F. The van der Waals surface area contributed by atoms with Gasteiger partial charge >= 0.3 is 6.36 Å². The fourth-order valence-electron chi connectivity index (χ4n) is 1.60. The zero-order chi connectivity index (χ0) is 13.8. The molecule has 1 aromatic rings. The van der Waals surface area contributed by atoms with Gasteiger partial charge in [-0.15, -0.1) is 13.2 Å². The van der Waals surface area contributed by atoms with Crippen molar-refractivity contribution in [1.29, 1.82) is 0 Å². The number of nitrogens with two attached hydrogens (primary N) is 1. The van der Waals surface area contributed by atoms with Gasteiger partial charge in [-0.2, -0.15) is 0 Å². The van der Waals surface area contributed by atoms with Gasteiger partial charge in [-0.25, -0.2) is 0 Å². The van der Waals surface area contributed by atoms with E-state index in [0.29, 0.717) is 18.6 Å². The van der Waals surface area contributed by atoms with E-state index in [1.165, 1.54) is 25.3 Å². The molecule has 0 saturated carbocycles. The first kappa shape index (κ1) is 14.8. The van der Waals surface area contributed by atoms with E-state index < -0.39 is 11.9 Å². The normalized spacial score (nSPS) is 15.2. The molecule has 1 rings (SSSR count). The van der Waals surface area contributed by atoms with E-state index in [2.05, 4.69) is 4.74 Å². The van der Waals surface area contributed by atoms with Crippen molar-refractivity contribution in [1.82, 2.24) is 0 Å². The Hall–Kier alpha value is -1.27. The van der Waals surface area contributed by atoms with Crippen LogP contribution in [0.2, 0.25) is 0 Å². The maximum atomic E-state index is 12.3. The molecule has 6 heteroatoms. The maximum absolute atomic E-state index is 12.3. The number of methoxy groups -OCH3 is 1. The summed E-state index contributed by atoms with van der Waals surface area (Å²) in [7, 11) is 1.51. The third kappa shape index (κ3) is 4.19. The van der Waals surface area contributed by atoms with Crippen LogP contribution in [0.5, 0.6) is 5.75 Å². The zero-order valence-corrected chi connectivity index (χ0v) is 10.3. The van der Waals surface area contributed by atoms with Gasteiger partial charge in [0.1, 0.15) is 5.75 Å². The van der Waals surface area contributed by atoms with Crippen molar-refractivity contribution >= 4 is 0 Å². The van der Waals surface area contributed by atoms with Crippen molar-refractivity contribution in [3.05, 3.63) is 29.8 Å². The summed E-state index contributed by atoms with van der Waals surface area (Å²) in [4.78, 5) is 0. The molecule has 0 fully saturated rings. The highest BCUT2D eigenvalue weighted by atomic mass is 19.4. The third-order valence-electron chi connectivity index (χ3n) is 2.55. The minimum absolute atomic E-state index is 0.272. The lowest BCUT2D eigenvalue weighted by atomic mass is 9.89. The van der Waals surface area contributed by atoms with Crippen LogP contribution in [0.25, 0.3) is 0 Å². The second-order valence-corrected chi connectivity index (χ2v) is 4.20. The quantitative estimate of drug-likeness (QED) is 0.888. The predicted molar refractivity (Wildman–Crippen MR) is 61.2 cm³/mol. The second-order valence-electron chi connectivity index (χ2n) is 4.20. The Balaban J connectivity index is 3.00. The van der Waals surface area contributed by atoms with Crippen LogP contribution in [0.4, 0.5) is 13.2 Å². The largest absolute Gasteiger partial charge is 0.573 e. The molecule has 0 amide bonds. The van der Waals surface area contributed by atoms with Crippen LogP contribution >= 0.6 is 0 Å². The smallest absolute Gasteiger partial charge is 0.405 e. The summed E-state index contributed by atoms with van der Waals surface area (Å²) in [5.74, 6) is -0.272. The number of para-hydroxylation sites is 1. The summed E-state index contributed by atoms with van der Waals surface area (Å²) in [6.07, 6.45) is -4.34. The molecule has 0 heterocycles. The Morgan fingerprint density at radius 1 is 1.22 bits per heavy atom. The molecule has 0 aliphatic carbocycles. The Labute approximate surface area is 104 Å². The molecule has 3 nitrogen and oxygen atoms in total. The van der Waals surface area contributed by atoms with Crippen molar-refractivity contribution in [2.45, 2.75) is 25.2 Å². The number of hydrogen-bond acceptors (Lipinski definition) is 3. The lowest BCUT2D eigenvalue weighted by molar-refractivity contribution is -0.275. The van der Waals surface area contributed by atoms with Gasteiger partial charge in [-0.1, -0.05) is 18.2 Å². The summed E-state index contributed by atoms with van der Waals surface area (Å²) in [5.41, 5.74) is 5.37. The first-order valence-electron chi connectivity index (χ1n) is 5.39. The second kappa shape index (κ2) is 5.58. The molecular weight excluding hydrogens is 247 g/mol. The predicted octanol–water partition coefficient (Wildman–Crippen LogP) is 2.80. The highest BCUT2D eigenvalue weighted by Crippen LogP contribution is 2.33. The molecule has 0 aliphatic rings. The number of benzene rings is 1. The van der Waals surface area contributed by atoms with Crippen LogP contribution in [-0.2, 0) is 10.3 Å². The molecule has 102 valence electrons. The Morgan fingerprint density at radius 3 is 2.39 bits per heavy atom. The standard InChI is InChI=1S/C12H16F3NO2/c1-11(16,7-8-17-2)9-5-3-4-6-10(9)18-12(13,14)15/h3-6H,7-8,16H2,1-2H3. The summed E-state index contributed by atoms with van der Waals surface area (Å²) < 4.78 is 45.7. The molecule has 18 heavy (non-hydrogen) atoms. The van der Waals surface area contributed by atoms with Gasteiger partial charge in [-0.3, -0.25) is 0 Å². The van der Waals surface area contributed by atoms with Crippen molar-refractivity contribution < 1.29 is 22.6 Å². The average Bonchev–Trinajstić information content (AvgIpc) is 2.25. The highest BCUT2D eigenvalue weighted by Gasteiger charge is 2.34. The van der Waals surface area contributed by atoms with Gasteiger partial charge in [-0.05, 0) is 19.4 Å². The highest BCUT2D eigenvalue weighted by molar-refractivity contribution is 5.38.